The highest BCUT2D eigenvalue weighted by molar-refractivity contribution is 7.51. The van der Waals surface area contributed by atoms with Gasteiger partial charge in [0.15, 0.2) is 0 Å². The minimum Gasteiger partial charge on any atom is -0.511 e. The van der Waals surface area contributed by atoms with Crippen molar-refractivity contribution in [3.8, 4) is 0 Å². The maximum atomic E-state index is 11.1. The van der Waals surface area contributed by atoms with Crippen LogP contribution in [-0.2, 0) is 18.2 Å². The van der Waals surface area contributed by atoms with E-state index in [1.54, 1.807) is 0 Å². The highest BCUT2D eigenvalue weighted by atomic mass is 31.2. The van der Waals surface area contributed by atoms with Crippen molar-refractivity contribution in [1.82, 2.24) is 0 Å². The first kappa shape index (κ1) is 26.4. The summed E-state index contributed by atoms with van der Waals surface area (Å²) in [5.74, 6) is -0.581. The summed E-state index contributed by atoms with van der Waals surface area (Å²) in [6.07, 6.45) is 16.6. The molecule has 0 atom stereocenters. The third-order valence-electron chi connectivity index (χ3n) is 4.53. The molecule has 0 bridgehead atoms. The second-order valence-corrected chi connectivity index (χ2v) is 9.69. The van der Waals surface area contributed by atoms with Crippen molar-refractivity contribution in [1.29, 1.82) is 0 Å². The Morgan fingerprint density at radius 3 is 1.37 bits per heavy atom. The van der Waals surface area contributed by atoms with Gasteiger partial charge < -0.3 is 19.0 Å². The molecule has 27 heavy (non-hydrogen) atoms. The summed E-state index contributed by atoms with van der Waals surface area (Å²) in [5.41, 5.74) is 0. The third-order valence-corrected chi connectivity index (χ3v) is 5.83. The van der Waals surface area contributed by atoms with E-state index in [0.29, 0.717) is 12.8 Å². The summed E-state index contributed by atoms with van der Waals surface area (Å²) in [5, 5.41) is 0. The molecule has 0 radical (unpaired) electrons. The van der Waals surface area contributed by atoms with Gasteiger partial charge in [-0.1, -0.05) is 83.5 Å². The van der Waals surface area contributed by atoms with Crippen molar-refractivity contribution in [3.63, 3.8) is 0 Å². The van der Waals surface area contributed by atoms with Crippen molar-refractivity contribution in [2.75, 3.05) is 6.16 Å². The molecule has 0 aromatic rings. The summed E-state index contributed by atoms with van der Waals surface area (Å²) >= 11 is 0. The van der Waals surface area contributed by atoms with Crippen LogP contribution < -0.4 is 0 Å². The van der Waals surface area contributed by atoms with Crippen molar-refractivity contribution in [2.45, 2.75) is 103 Å². The molecule has 0 aliphatic heterocycles. The van der Waals surface area contributed by atoms with Gasteiger partial charge in [0.1, 0.15) is 0 Å². The maximum Gasteiger partial charge on any atom is 0.772 e. The molecule has 0 heterocycles. The summed E-state index contributed by atoms with van der Waals surface area (Å²) in [7, 11) is -6.93. The smallest absolute Gasteiger partial charge is 0.511 e. The molecule has 0 fully saturated rings. The van der Waals surface area contributed by atoms with Gasteiger partial charge in [-0.25, -0.2) is 0 Å². The van der Waals surface area contributed by atoms with Crippen LogP contribution in [0, 0.1) is 0 Å². The predicted octanol–water partition coefficient (Wildman–Crippen LogP) is 4.36. The van der Waals surface area contributed by atoms with E-state index in [9.17, 15) is 13.8 Å². The van der Waals surface area contributed by atoms with E-state index in [1.807, 2.05) is 0 Å². The van der Waals surface area contributed by atoms with Gasteiger partial charge in [-0.3, -0.25) is 13.8 Å². The van der Waals surface area contributed by atoms with Gasteiger partial charge in [0.05, 0.1) is 0 Å². The van der Waals surface area contributed by atoms with Gasteiger partial charge in [0.25, 0.3) is 0 Å². The highest BCUT2D eigenvalue weighted by Crippen LogP contribution is 2.35. The SMILES string of the molecule is O=C(CCCCCCCCCCCCCCCCCP(=O)(O)O)O[Si](=O)O. The molecule has 0 saturated carbocycles. The van der Waals surface area contributed by atoms with Crippen LogP contribution in [0.4, 0.5) is 0 Å². The normalized spacial score (nSPS) is 11.5. The lowest BCUT2D eigenvalue weighted by Crippen LogP contribution is -2.12. The Balaban J connectivity index is 3.14. The van der Waals surface area contributed by atoms with Gasteiger partial charge in [-0.2, -0.15) is 0 Å². The van der Waals surface area contributed by atoms with E-state index in [-0.39, 0.29) is 12.6 Å². The molecular formula is C18H37O7PSi. The number of rotatable bonds is 19. The van der Waals surface area contributed by atoms with E-state index in [4.69, 9.17) is 14.6 Å². The number of carbonyl (C=O) groups excluding carboxylic acids is 1. The summed E-state index contributed by atoms with van der Waals surface area (Å²) in [6, 6.07) is 0. The van der Waals surface area contributed by atoms with Crippen LogP contribution in [-0.4, -0.2) is 35.9 Å². The molecular weight excluding hydrogens is 387 g/mol. The second-order valence-electron chi connectivity index (χ2n) is 7.18. The average Bonchev–Trinajstić information content (AvgIpc) is 2.56. The fourth-order valence-electron chi connectivity index (χ4n) is 3.03. The molecule has 0 amide bonds. The number of unbranched alkanes of at least 4 members (excludes halogenated alkanes) is 14. The van der Waals surface area contributed by atoms with Crippen LogP contribution in [0.5, 0.6) is 0 Å². The molecule has 0 aromatic heterocycles. The van der Waals surface area contributed by atoms with Gasteiger partial charge >= 0.3 is 22.7 Å². The molecule has 0 aliphatic carbocycles. The first-order chi connectivity index (χ1) is 12.8. The largest absolute Gasteiger partial charge is 0.772 e. The van der Waals surface area contributed by atoms with Crippen molar-refractivity contribution < 1.29 is 32.8 Å². The predicted molar refractivity (Wildman–Crippen MR) is 106 cm³/mol. The topological polar surface area (TPSA) is 121 Å². The first-order valence-corrected chi connectivity index (χ1v) is 13.4. The van der Waals surface area contributed by atoms with Crippen molar-refractivity contribution >= 4 is 22.7 Å². The average molecular weight is 425 g/mol. The standard InChI is InChI=1S/C18H37O7PSi/c19-18(25-27(23)24)16-14-12-10-8-6-4-2-1-3-5-7-9-11-13-15-17-26(20,21)22/h23H,1-17H2,(H2,20,21,22). The van der Waals surface area contributed by atoms with Crippen LogP contribution in [0.3, 0.4) is 0 Å². The Kier molecular flexibility index (Phi) is 17.2. The number of hydrogen-bond acceptors (Lipinski definition) is 4. The molecule has 160 valence electrons. The molecule has 9 heteroatoms. The highest BCUT2D eigenvalue weighted by Gasteiger charge is 2.11. The van der Waals surface area contributed by atoms with E-state index < -0.39 is 22.7 Å². The van der Waals surface area contributed by atoms with Crippen LogP contribution in [0.15, 0.2) is 0 Å². The maximum absolute atomic E-state index is 11.1. The molecule has 0 rings (SSSR count). The Hall–Kier alpha value is -0.563. The minimum absolute atomic E-state index is 0.0200. The molecule has 0 aliphatic rings. The van der Waals surface area contributed by atoms with Gasteiger partial charge in [-0.15, -0.1) is 0 Å². The lowest BCUT2D eigenvalue weighted by molar-refractivity contribution is -0.136. The monoisotopic (exact) mass is 424 g/mol. The zero-order valence-corrected chi connectivity index (χ0v) is 18.3. The van der Waals surface area contributed by atoms with Crippen molar-refractivity contribution in [2.24, 2.45) is 0 Å². The van der Waals surface area contributed by atoms with Crippen LogP contribution in [0.25, 0.3) is 0 Å². The quantitative estimate of drug-likeness (QED) is 0.160. The first-order valence-electron chi connectivity index (χ1n) is 10.3. The van der Waals surface area contributed by atoms with Crippen molar-refractivity contribution in [3.05, 3.63) is 0 Å². The summed E-state index contributed by atoms with van der Waals surface area (Å²) in [4.78, 5) is 37.0. The molecule has 0 aromatic carbocycles. The lowest BCUT2D eigenvalue weighted by atomic mass is 10.0. The van der Waals surface area contributed by atoms with E-state index in [0.717, 1.165) is 32.1 Å². The molecule has 0 unspecified atom stereocenters. The lowest BCUT2D eigenvalue weighted by Gasteiger charge is -2.04. The zero-order chi connectivity index (χ0) is 20.4. The fourth-order valence-corrected chi connectivity index (χ4v) is 3.97. The fraction of sp³-hybridized carbons (Fsp3) is 0.944. The Labute approximate surface area is 165 Å². The van der Waals surface area contributed by atoms with E-state index >= 15 is 0 Å². The van der Waals surface area contributed by atoms with E-state index in [1.165, 1.54) is 51.4 Å². The van der Waals surface area contributed by atoms with Gasteiger partial charge in [0, 0.05) is 12.6 Å². The summed E-state index contributed by atoms with van der Waals surface area (Å²) in [6.45, 7) is 0. The second kappa shape index (κ2) is 17.5. The zero-order valence-electron chi connectivity index (χ0n) is 16.4. The molecule has 7 nitrogen and oxygen atoms in total. The summed E-state index contributed by atoms with van der Waals surface area (Å²) < 4.78 is 25.2. The van der Waals surface area contributed by atoms with E-state index in [2.05, 4.69) is 4.43 Å². The minimum atomic E-state index is -3.80. The molecule has 0 spiro atoms. The Morgan fingerprint density at radius 2 is 1.04 bits per heavy atom. The molecule has 0 saturated heterocycles. The third kappa shape index (κ3) is 23.4. The van der Waals surface area contributed by atoms with Crippen LogP contribution in [0.1, 0.15) is 103 Å². The Morgan fingerprint density at radius 1 is 0.704 bits per heavy atom. The number of carbonyl (C=O) groups is 1. The number of hydrogen-bond donors (Lipinski definition) is 3. The van der Waals surface area contributed by atoms with Crippen LogP contribution in [0.2, 0.25) is 0 Å². The Bertz CT molecular complexity index is 439. The molecule has 3 N–H and O–H groups in total. The van der Waals surface area contributed by atoms with Gasteiger partial charge in [-0.05, 0) is 12.8 Å². The van der Waals surface area contributed by atoms with Crippen LogP contribution >= 0.6 is 7.60 Å². The van der Waals surface area contributed by atoms with Gasteiger partial charge in [0.2, 0.25) is 0 Å².